The molecule has 1 rings (SSSR count). The SMILES string of the molecule is C[C@H](NC(=O)[C@@H](CO)NS(=O)(=O)Cc1ccccc1)C(=O)N[C@H](C=O)CCCN=C(N)N. The minimum atomic E-state index is -3.94. The maximum absolute atomic E-state index is 12.4. The Bertz CT molecular complexity index is 889. The molecule has 0 aliphatic heterocycles. The second kappa shape index (κ2) is 13.4. The molecule has 1 aromatic rings. The highest BCUT2D eigenvalue weighted by Crippen LogP contribution is 2.05. The van der Waals surface area contributed by atoms with Crippen molar-refractivity contribution in [3.63, 3.8) is 0 Å². The first-order valence-corrected chi connectivity index (χ1v) is 11.5. The van der Waals surface area contributed by atoms with E-state index in [2.05, 4.69) is 20.3 Å². The van der Waals surface area contributed by atoms with Crippen LogP contribution >= 0.6 is 0 Å². The van der Waals surface area contributed by atoms with E-state index in [0.29, 0.717) is 18.3 Å². The summed E-state index contributed by atoms with van der Waals surface area (Å²) in [7, 11) is -3.94. The van der Waals surface area contributed by atoms with Crippen molar-refractivity contribution in [2.75, 3.05) is 13.2 Å². The van der Waals surface area contributed by atoms with Crippen LogP contribution in [0.25, 0.3) is 0 Å². The van der Waals surface area contributed by atoms with E-state index in [1.54, 1.807) is 30.3 Å². The number of carbonyl (C=O) groups excluding carboxylic acids is 3. The first-order valence-electron chi connectivity index (χ1n) is 9.84. The summed E-state index contributed by atoms with van der Waals surface area (Å²) in [5.74, 6) is -2.00. The van der Waals surface area contributed by atoms with Gasteiger partial charge in [-0.05, 0) is 25.3 Å². The number of benzene rings is 1. The van der Waals surface area contributed by atoms with E-state index in [1.807, 2.05) is 0 Å². The van der Waals surface area contributed by atoms with E-state index in [9.17, 15) is 27.9 Å². The van der Waals surface area contributed by atoms with E-state index in [1.165, 1.54) is 6.92 Å². The molecular formula is C19H30N6O6S. The molecule has 3 atom stereocenters. The summed E-state index contributed by atoms with van der Waals surface area (Å²) in [6, 6.07) is 4.92. The summed E-state index contributed by atoms with van der Waals surface area (Å²) in [5.41, 5.74) is 10.9. The van der Waals surface area contributed by atoms with Crippen molar-refractivity contribution in [2.24, 2.45) is 16.5 Å². The molecule has 1 aromatic carbocycles. The first kappa shape index (κ1) is 27.0. The molecular weight excluding hydrogens is 440 g/mol. The molecule has 0 radical (unpaired) electrons. The number of rotatable bonds is 14. The molecule has 13 heteroatoms. The fourth-order valence-corrected chi connectivity index (χ4v) is 3.94. The molecule has 0 heterocycles. The molecule has 0 saturated carbocycles. The third-order valence-corrected chi connectivity index (χ3v) is 5.59. The third kappa shape index (κ3) is 10.3. The van der Waals surface area contributed by atoms with Crippen LogP contribution in [0.5, 0.6) is 0 Å². The Hall–Kier alpha value is -3.03. The van der Waals surface area contributed by atoms with Gasteiger partial charge in [0.2, 0.25) is 21.8 Å². The van der Waals surface area contributed by atoms with Gasteiger partial charge in [0.1, 0.15) is 18.4 Å². The van der Waals surface area contributed by atoms with E-state index in [-0.39, 0.29) is 24.7 Å². The van der Waals surface area contributed by atoms with E-state index < -0.39 is 46.6 Å². The zero-order valence-electron chi connectivity index (χ0n) is 17.7. The number of aliphatic hydroxyl groups is 1. The molecule has 0 fully saturated rings. The Morgan fingerprint density at radius 2 is 1.81 bits per heavy atom. The van der Waals surface area contributed by atoms with Gasteiger partial charge in [-0.1, -0.05) is 30.3 Å². The van der Waals surface area contributed by atoms with Crippen molar-refractivity contribution in [3.8, 4) is 0 Å². The molecule has 178 valence electrons. The Morgan fingerprint density at radius 3 is 2.38 bits per heavy atom. The topological polar surface area (TPSA) is 206 Å². The highest BCUT2D eigenvalue weighted by Gasteiger charge is 2.27. The molecule has 2 amide bonds. The minimum Gasteiger partial charge on any atom is -0.394 e. The van der Waals surface area contributed by atoms with Gasteiger partial charge < -0.3 is 32.0 Å². The predicted octanol–water partition coefficient (Wildman–Crippen LogP) is -2.29. The Kier molecular flexibility index (Phi) is 11.3. The van der Waals surface area contributed by atoms with Gasteiger partial charge in [0, 0.05) is 6.54 Å². The van der Waals surface area contributed by atoms with Gasteiger partial charge in [0.25, 0.3) is 0 Å². The van der Waals surface area contributed by atoms with Gasteiger partial charge in [-0.25, -0.2) is 13.1 Å². The maximum Gasteiger partial charge on any atom is 0.242 e. The average molecular weight is 471 g/mol. The number of sulfonamides is 1. The lowest BCUT2D eigenvalue weighted by atomic mass is 10.1. The molecule has 0 aromatic heterocycles. The molecule has 0 spiro atoms. The quantitative estimate of drug-likeness (QED) is 0.0753. The second-order valence-electron chi connectivity index (χ2n) is 7.03. The summed E-state index contributed by atoms with van der Waals surface area (Å²) in [5, 5.41) is 14.2. The molecule has 12 nitrogen and oxygen atoms in total. The fraction of sp³-hybridized carbons (Fsp3) is 0.474. The van der Waals surface area contributed by atoms with Crippen molar-refractivity contribution in [1.29, 1.82) is 0 Å². The highest BCUT2D eigenvalue weighted by atomic mass is 32.2. The number of amides is 2. The number of nitrogens with one attached hydrogen (secondary N) is 3. The maximum atomic E-state index is 12.4. The van der Waals surface area contributed by atoms with Gasteiger partial charge in [-0.2, -0.15) is 0 Å². The molecule has 8 N–H and O–H groups in total. The van der Waals surface area contributed by atoms with Gasteiger partial charge in [0.05, 0.1) is 18.4 Å². The van der Waals surface area contributed by atoms with Crippen LogP contribution in [-0.2, 0) is 30.2 Å². The minimum absolute atomic E-state index is 0.0779. The van der Waals surface area contributed by atoms with Crippen molar-refractivity contribution >= 4 is 34.1 Å². The van der Waals surface area contributed by atoms with Gasteiger partial charge in [-0.3, -0.25) is 14.6 Å². The number of guanidine groups is 1. The van der Waals surface area contributed by atoms with Crippen LogP contribution in [0.3, 0.4) is 0 Å². The summed E-state index contributed by atoms with van der Waals surface area (Å²) in [4.78, 5) is 39.6. The molecule has 0 aliphatic rings. The number of nitrogens with zero attached hydrogens (tertiary/aromatic N) is 1. The zero-order chi connectivity index (χ0) is 24.1. The summed E-state index contributed by atoms with van der Waals surface area (Å²) >= 11 is 0. The van der Waals surface area contributed by atoms with E-state index in [0.717, 1.165) is 0 Å². The molecule has 32 heavy (non-hydrogen) atoms. The number of hydrogen-bond donors (Lipinski definition) is 6. The normalized spacial score (nSPS) is 13.9. The Labute approximate surface area is 186 Å². The van der Waals surface area contributed by atoms with Gasteiger partial charge in [0.15, 0.2) is 5.96 Å². The summed E-state index contributed by atoms with van der Waals surface area (Å²) in [6.07, 6.45) is 1.28. The third-order valence-electron chi connectivity index (χ3n) is 4.23. The predicted molar refractivity (Wildman–Crippen MR) is 119 cm³/mol. The zero-order valence-corrected chi connectivity index (χ0v) is 18.5. The number of carbonyl (C=O) groups is 3. The number of aldehydes is 1. The van der Waals surface area contributed by atoms with Gasteiger partial charge in [-0.15, -0.1) is 0 Å². The highest BCUT2D eigenvalue weighted by molar-refractivity contribution is 7.88. The largest absolute Gasteiger partial charge is 0.394 e. The fourth-order valence-electron chi connectivity index (χ4n) is 2.61. The van der Waals surface area contributed by atoms with Crippen LogP contribution in [0.15, 0.2) is 35.3 Å². The lowest BCUT2D eigenvalue weighted by Crippen LogP contribution is -2.55. The average Bonchev–Trinajstić information content (AvgIpc) is 2.74. The molecule has 0 aliphatic carbocycles. The van der Waals surface area contributed by atoms with E-state index >= 15 is 0 Å². The monoisotopic (exact) mass is 470 g/mol. The summed E-state index contributed by atoms with van der Waals surface area (Å²) < 4.78 is 26.7. The van der Waals surface area contributed by atoms with Crippen LogP contribution in [-0.4, -0.2) is 68.9 Å². The van der Waals surface area contributed by atoms with Crippen LogP contribution < -0.4 is 26.8 Å². The number of hydrogen-bond acceptors (Lipinski definition) is 7. The smallest absolute Gasteiger partial charge is 0.242 e. The van der Waals surface area contributed by atoms with Crippen molar-refractivity contribution in [1.82, 2.24) is 15.4 Å². The number of aliphatic imine (C=N–C) groups is 1. The lowest BCUT2D eigenvalue weighted by molar-refractivity contribution is -0.130. The lowest BCUT2D eigenvalue weighted by Gasteiger charge is -2.21. The van der Waals surface area contributed by atoms with E-state index in [4.69, 9.17) is 11.5 Å². The van der Waals surface area contributed by atoms with Gasteiger partial charge >= 0.3 is 0 Å². The Balaban J connectivity index is 2.60. The number of aliphatic hydroxyl groups excluding tert-OH is 1. The second-order valence-corrected chi connectivity index (χ2v) is 8.78. The van der Waals surface area contributed by atoms with Crippen molar-refractivity contribution in [3.05, 3.63) is 35.9 Å². The van der Waals surface area contributed by atoms with Crippen LogP contribution in [0.4, 0.5) is 0 Å². The Morgan fingerprint density at radius 1 is 1.16 bits per heavy atom. The molecule has 0 bridgehead atoms. The van der Waals surface area contributed by atoms with Crippen LogP contribution in [0, 0.1) is 0 Å². The van der Waals surface area contributed by atoms with Crippen LogP contribution in [0.1, 0.15) is 25.3 Å². The first-order chi connectivity index (χ1) is 15.1. The molecule has 0 unspecified atom stereocenters. The standard InChI is InChI=1S/C19H30N6O6S/c1-13(17(28)24-15(10-26)8-5-9-22-19(20)21)23-18(29)16(11-27)25-32(30,31)12-14-6-3-2-4-7-14/h2-4,6-7,10,13,15-16,25,27H,5,8-9,11-12H2,1H3,(H,23,29)(H,24,28)(H4,20,21,22)/t13-,15-,16+/m0/s1. The van der Waals surface area contributed by atoms with Crippen molar-refractivity contribution in [2.45, 2.75) is 43.6 Å². The molecule has 0 saturated heterocycles. The number of nitrogens with two attached hydrogens (primary N) is 2. The van der Waals surface area contributed by atoms with Crippen LogP contribution in [0.2, 0.25) is 0 Å². The van der Waals surface area contributed by atoms with Crippen molar-refractivity contribution < 1.29 is 27.9 Å². The summed E-state index contributed by atoms with van der Waals surface area (Å²) in [6.45, 7) is 0.841.